The zero-order valence-corrected chi connectivity index (χ0v) is 11.6. The molecule has 0 aromatic carbocycles. The van der Waals surface area contributed by atoms with E-state index in [1.807, 2.05) is 0 Å². The zero-order valence-electron chi connectivity index (χ0n) is 11.6. The maximum absolute atomic E-state index is 13.3. The van der Waals surface area contributed by atoms with E-state index in [2.05, 4.69) is 13.8 Å². The third-order valence-electron chi connectivity index (χ3n) is 3.69. The van der Waals surface area contributed by atoms with Gasteiger partial charge in [0.1, 0.15) is 12.3 Å². The normalized spacial score (nSPS) is 23.9. The van der Waals surface area contributed by atoms with Crippen LogP contribution in [0.15, 0.2) is 0 Å². The third kappa shape index (κ3) is 4.23. The van der Waals surface area contributed by atoms with Gasteiger partial charge in [-0.15, -0.1) is 0 Å². The highest BCUT2D eigenvalue weighted by Gasteiger charge is 2.36. The Balaban J connectivity index is 2.52. The molecule has 0 bridgehead atoms. The Morgan fingerprint density at radius 3 is 2.22 bits per heavy atom. The summed E-state index contributed by atoms with van der Waals surface area (Å²) >= 11 is 0. The fourth-order valence-electron chi connectivity index (χ4n) is 2.48. The van der Waals surface area contributed by atoms with Gasteiger partial charge in [0.2, 0.25) is 5.91 Å². The lowest BCUT2D eigenvalue weighted by atomic mass is 9.94. The molecule has 3 nitrogen and oxygen atoms in total. The van der Waals surface area contributed by atoms with Crippen molar-refractivity contribution in [2.75, 3.05) is 13.1 Å². The number of carbonyl (C=O) groups excluding carboxylic acids is 1. The Morgan fingerprint density at radius 2 is 1.83 bits per heavy atom. The Bertz CT molecular complexity index is 242. The van der Waals surface area contributed by atoms with Crippen molar-refractivity contribution in [2.24, 2.45) is 5.92 Å². The summed E-state index contributed by atoms with van der Waals surface area (Å²) in [6.07, 6.45) is 3.73. The van der Waals surface area contributed by atoms with Gasteiger partial charge in [0, 0.05) is 12.5 Å². The summed E-state index contributed by atoms with van der Waals surface area (Å²) in [5.74, 6) is 0.0542. The standard InChI is InChI=1S/C14H26FNO2/c1-3-5-7-11(8-6-4-2)14(18)16-9-12(15)13(17)10-16/h11-13,17H,3-10H2,1-2H3. The first kappa shape index (κ1) is 15.4. The van der Waals surface area contributed by atoms with Crippen molar-refractivity contribution < 1.29 is 14.3 Å². The number of hydrogen-bond acceptors (Lipinski definition) is 2. The number of aliphatic hydroxyl groups is 1. The number of aliphatic hydroxyl groups excluding tert-OH is 1. The number of likely N-dealkylation sites (tertiary alicyclic amines) is 1. The molecule has 1 fully saturated rings. The molecule has 1 rings (SSSR count). The Labute approximate surface area is 109 Å². The lowest BCUT2D eigenvalue weighted by Crippen LogP contribution is -2.35. The van der Waals surface area contributed by atoms with Crippen LogP contribution in [-0.4, -0.2) is 41.3 Å². The molecule has 2 unspecified atom stereocenters. The second-order valence-corrected chi connectivity index (χ2v) is 5.31. The summed E-state index contributed by atoms with van der Waals surface area (Å²) in [6.45, 7) is 4.45. The van der Waals surface area contributed by atoms with E-state index in [9.17, 15) is 14.3 Å². The van der Waals surface area contributed by atoms with Gasteiger partial charge in [-0.3, -0.25) is 4.79 Å². The van der Waals surface area contributed by atoms with Gasteiger partial charge >= 0.3 is 0 Å². The summed E-state index contributed by atoms with van der Waals surface area (Å²) in [7, 11) is 0. The smallest absolute Gasteiger partial charge is 0.225 e. The van der Waals surface area contributed by atoms with E-state index in [0.29, 0.717) is 0 Å². The number of hydrogen-bond donors (Lipinski definition) is 1. The first-order chi connectivity index (χ1) is 8.60. The molecule has 106 valence electrons. The van der Waals surface area contributed by atoms with Gasteiger partial charge < -0.3 is 10.0 Å². The minimum absolute atomic E-state index is 0.0161. The molecule has 1 saturated heterocycles. The SMILES string of the molecule is CCCCC(CCCC)C(=O)N1CC(O)C(F)C1. The number of unbranched alkanes of at least 4 members (excludes halogenated alkanes) is 2. The van der Waals surface area contributed by atoms with Crippen molar-refractivity contribution in [1.82, 2.24) is 4.90 Å². The van der Waals surface area contributed by atoms with Crippen LogP contribution < -0.4 is 0 Å². The molecule has 0 radical (unpaired) electrons. The van der Waals surface area contributed by atoms with Crippen LogP contribution >= 0.6 is 0 Å². The molecule has 0 aromatic rings. The number of rotatable bonds is 7. The second kappa shape index (κ2) is 7.72. The molecule has 4 heteroatoms. The van der Waals surface area contributed by atoms with E-state index in [1.165, 1.54) is 4.90 Å². The van der Waals surface area contributed by atoms with Crippen LogP contribution in [0.5, 0.6) is 0 Å². The van der Waals surface area contributed by atoms with E-state index in [0.717, 1.165) is 38.5 Å². The monoisotopic (exact) mass is 259 g/mol. The topological polar surface area (TPSA) is 40.5 Å². The molecule has 0 saturated carbocycles. The molecule has 1 aliphatic heterocycles. The van der Waals surface area contributed by atoms with E-state index >= 15 is 0 Å². The molecule has 1 heterocycles. The van der Waals surface area contributed by atoms with Crippen molar-refractivity contribution in [3.63, 3.8) is 0 Å². The lowest BCUT2D eigenvalue weighted by molar-refractivity contribution is -0.135. The summed E-state index contributed by atoms with van der Waals surface area (Å²) in [4.78, 5) is 13.8. The van der Waals surface area contributed by atoms with Crippen LogP contribution in [0.1, 0.15) is 52.4 Å². The maximum Gasteiger partial charge on any atom is 0.225 e. The number of nitrogens with zero attached hydrogens (tertiary/aromatic N) is 1. The molecule has 0 spiro atoms. The highest BCUT2D eigenvalue weighted by molar-refractivity contribution is 5.79. The fraction of sp³-hybridized carbons (Fsp3) is 0.929. The summed E-state index contributed by atoms with van der Waals surface area (Å²) < 4.78 is 13.3. The van der Waals surface area contributed by atoms with E-state index in [1.54, 1.807) is 0 Å². The first-order valence-electron chi connectivity index (χ1n) is 7.21. The molecule has 1 N–H and O–H groups in total. The van der Waals surface area contributed by atoms with Crippen molar-refractivity contribution in [1.29, 1.82) is 0 Å². The van der Waals surface area contributed by atoms with Crippen molar-refractivity contribution in [2.45, 2.75) is 64.6 Å². The molecule has 0 aliphatic carbocycles. The van der Waals surface area contributed by atoms with Crippen LogP contribution in [0.25, 0.3) is 0 Å². The molecule has 1 amide bonds. The highest BCUT2D eigenvalue weighted by atomic mass is 19.1. The van der Waals surface area contributed by atoms with Crippen LogP contribution in [-0.2, 0) is 4.79 Å². The Kier molecular flexibility index (Phi) is 6.61. The van der Waals surface area contributed by atoms with Crippen molar-refractivity contribution >= 4 is 5.91 Å². The molecule has 2 atom stereocenters. The van der Waals surface area contributed by atoms with Crippen LogP contribution in [0, 0.1) is 5.92 Å². The van der Waals surface area contributed by atoms with Crippen LogP contribution in [0.3, 0.4) is 0 Å². The molecule has 18 heavy (non-hydrogen) atoms. The zero-order chi connectivity index (χ0) is 13.5. The number of halogens is 1. The summed E-state index contributed by atoms with van der Waals surface area (Å²) in [5.41, 5.74) is 0. The van der Waals surface area contributed by atoms with Crippen LogP contribution in [0.4, 0.5) is 4.39 Å². The van der Waals surface area contributed by atoms with Crippen LogP contribution in [0.2, 0.25) is 0 Å². The predicted molar refractivity (Wildman–Crippen MR) is 70.0 cm³/mol. The fourth-order valence-corrected chi connectivity index (χ4v) is 2.48. The minimum Gasteiger partial charge on any atom is -0.388 e. The number of amides is 1. The maximum atomic E-state index is 13.3. The minimum atomic E-state index is -1.27. The van der Waals surface area contributed by atoms with Gasteiger partial charge in [0.05, 0.1) is 6.54 Å². The van der Waals surface area contributed by atoms with Crippen molar-refractivity contribution in [3.8, 4) is 0 Å². The van der Waals surface area contributed by atoms with E-state index in [4.69, 9.17) is 0 Å². The average molecular weight is 259 g/mol. The predicted octanol–water partition coefficient (Wildman–Crippen LogP) is 2.52. The molecule has 0 aromatic heterocycles. The quantitative estimate of drug-likeness (QED) is 0.763. The van der Waals surface area contributed by atoms with Gasteiger partial charge in [-0.1, -0.05) is 39.5 Å². The van der Waals surface area contributed by atoms with Gasteiger partial charge in [0.25, 0.3) is 0 Å². The van der Waals surface area contributed by atoms with Crippen molar-refractivity contribution in [3.05, 3.63) is 0 Å². The average Bonchev–Trinajstić information content (AvgIpc) is 2.69. The summed E-state index contributed by atoms with van der Waals surface area (Å²) in [5, 5.41) is 9.38. The second-order valence-electron chi connectivity index (χ2n) is 5.31. The molecular formula is C14H26FNO2. The third-order valence-corrected chi connectivity index (χ3v) is 3.69. The highest BCUT2D eigenvalue weighted by Crippen LogP contribution is 2.22. The Hall–Kier alpha value is -0.640. The summed E-state index contributed by atoms with van der Waals surface area (Å²) in [6, 6.07) is 0. The van der Waals surface area contributed by atoms with E-state index < -0.39 is 12.3 Å². The van der Waals surface area contributed by atoms with Gasteiger partial charge in [0.15, 0.2) is 0 Å². The first-order valence-corrected chi connectivity index (χ1v) is 7.21. The molecular weight excluding hydrogens is 233 g/mol. The Morgan fingerprint density at radius 1 is 1.28 bits per heavy atom. The number of carbonyl (C=O) groups is 1. The molecule has 1 aliphatic rings. The lowest BCUT2D eigenvalue weighted by Gasteiger charge is -2.23. The number of alkyl halides is 1. The van der Waals surface area contributed by atoms with Gasteiger partial charge in [-0.25, -0.2) is 4.39 Å². The van der Waals surface area contributed by atoms with Gasteiger partial charge in [-0.05, 0) is 12.8 Å². The largest absolute Gasteiger partial charge is 0.388 e. The van der Waals surface area contributed by atoms with Gasteiger partial charge in [-0.2, -0.15) is 0 Å². The van der Waals surface area contributed by atoms with E-state index in [-0.39, 0.29) is 24.9 Å². The number of β-amino-alcohol motifs (C(OH)–C–C–N with tert-alkyl or cyclic N) is 1.